The van der Waals surface area contributed by atoms with Gasteiger partial charge in [-0.1, -0.05) is 18.2 Å². The number of H-pyrrole nitrogens is 1. The van der Waals surface area contributed by atoms with E-state index in [9.17, 15) is 4.79 Å². The van der Waals surface area contributed by atoms with E-state index in [1.54, 1.807) is 7.05 Å². The summed E-state index contributed by atoms with van der Waals surface area (Å²) in [5.41, 5.74) is 7.53. The van der Waals surface area contributed by atoms with Crippen molar-refractivity contribution in [3.63, 3.8) is 0 Å². The number of aromatic nitrogens is 2. The highest BCUT2D eigenvalue weighted by molar-refractivity contribution is 6.12. The number of para-hydroxylation sites is 1. The van der Waals surface area contributed by atoms with E-state index in [-0.39, 0.29) is 5.91 Å². The van der Waals surface area contributed by atoms with Gasteiger partial charge in [0, 0.05) is 29.3 Å². The molecule has 0 saturated heterocycles. The molecule has 0 radical (unpaired) electrons. The van der Waals surface area contributed by atoms with Crippen LogP contribution in [0.15, 0.2) is 71.1 Å². The van der Waals surface area contributed by atoms with Crippen molar-refractivity contribution in [1.29, 1.82) is 0 Å². The maximum absolute atomic E-state index is 13.1. The first-order valence-corrected chi connectivity index (χ1v) is 12.2. The topological polar surface area (TPSA) is 80.2 Å². The van der Waals surface area contributed by atoms with E-state index in [0.29, 0.717) is 28.6 Å². The van der Waals surface area contributed by atoms with Crippen LogP contribution in [0.25, 0.3) is 33.4 Å². The molecule has 0 bridgehead atoms. The number of aryl methyl sites for hydroxylation is 2. The third-order valence-corrected chi connectivity index (χ3v) is 6.82. The molecule has 3 aromatic carbocycles. The van der Waals surface area contributed by atoms with Gasteiger partial charge in [0.05, 0.1) is 11.3 Å². The van der Waals surface area contributed by atoms with Crippen molar-refractivity contribution < 1.29 is 13.9 Å². The van der Waals surface area contributed by atoms with Gasteiger partial charge in [0.25, 0.3) is 5.91 Å². The first-order chi connectivity index (χ1) is 17.5. The first-order valence-electron chi connectivity index (χ1n) is 12.2. The molecule has 1 aliphatic carbocycles. The van der Waals surface area contributed by atoms with Crippen LogP contribution in [-0.2, 0) is 0 Å². The SMILES string of the molecule is CNC(=O)c1c(-c2ccc(Oc3ccccc3)cc2)oc2cc(-c3c(C)n[nH]c3C)c(C3CC3)cc12. The van der Waals surface area contributed by atoms with Crippen LogP contribution in [0.4, 0.5) is 0 Å². The van der Waals surface area contributed by atoms with Crippen molar-refractivity contribution in [1.82, 2.24) is 15.5 Å². The van der Waals surface area contributed by atoms with Gasteiger partial charge in [-0.15, -0.1) is 0 Å². The van der Waals surface area contributed by atoms with E-state index in [1.807, 2.05) is 68.4 Å². The van der Waals surface area contributed by atoms with Gasteiger partial charge < -0.3 is 14.5 Å². The number of furan rings is 1. The lowest BCUT2D eigenvalue weighted by atomic mass is 9.92. The summed E-state index contributed by atoms with van der Waals surface area (Å²) in [6.45, 7) is 4.06. The number of fused-ring (bicyclic) bond motifs is 1. The van der Waals surface area contributed by atoms with Crippen LogP contribution >= 0.6 is 0 Å². The van der Waals surface area contributed by atoms with Gasteiger partial charge in [-0.2, -0.15) is 5.10 Å². The van der Waals surface area contributed by atoms with Crippen LogP contribution in [0.1, 0.15) is 46.1 Å². The molecule has 6 nitrogen and oxygen atoms in total. The molecule has 180 valence electrons. The van der Waals surface area contributed by atoms with Crippen molar-refractivity contribution in [2.75, 3.05) is 7.05 Å². The zero-order valence-electron chi connectivity index (χ0n) is 20.5. The Labute approximate surface area is 209 Å². The van der Waals surface area contributed by atoms with Gasteiger partial charge in [-0.05, 0) is 92.3 Å². The van der Waals surface area contributed by atoms with E-state index < -0.39 is 0 Å². The largest absolute Gasteiger partial charge is 0.457 e. The molecule has 6 heteroatoms. The summed E-state index contributed by atoms with van der Waals surface area (Å²) in [7, 11) is 1.65. The molecule has 36 heavy (non-hydrogen) atoms. The lowest BCUT2D eigenvalue weighted by Gasteiger charge is -2.10. The molecule has 1 amide bonds. The van der Waals surface area contributed by atoms with Crippen LogP contribution < -0.4 is 10.1 Å². The number of carbonyl (C=O) groups excluding carboxylic acids is 1. The Morgan fingerprint density at radius 3 is 2.39 bits per heavy atom. The Balaban J connectivity index is 1.48. The molecule has 2 N–H and O–H groups in total. The molecule has 0 atom stereocenters. The maximum Gasteiger partial charge on any atom is 0.255 e. The molecular formula is C30H27N3O3. The van der Waals surface area contributed by atoms with Crippen molar-refractivity contribution in [2.45, 2.75) is 32.6 Å². The Morgan fingerprint density at radius 1 is 1.03 bits per heavy atom. The van der Waals surface area contributed by atoms with Crippen LogP contribution in [0.2, 0.25) is 0 Å². The van der Waals surface area contributed by atoms with Gasteiger partial charge in [0.2, 0.25) is 0 Å². The number of aromatic amines is 1. The molecular weight excluding hydrogens is 450 g/mol. The average molecular weight is 478 g/mol. The smallest absolute Gasteiger partial charge is 0.255 e. The molecule has 2 aromatic heterocycles. The second-order valence-electron chi connectivity index (χ2n) is 9.34. The lowest BCUT2D eigenvalue weighted by Crippen LogP contribution is -2.18. The highest BCUT2D eigenvalue weighted by atomic mass is 16.5. The molecule has 6 rings (SSSR count). The minimum Gasteiger partial charge on any atom is -0.457 e. The number of nitrogens with one attached hydrogen (secondary N) is 2. The lowest BCUT2D eigenvalue weighted by molar-refractivity contribution is 0.0964. The number of carbonyl (C=O) groups is 1. The first kappa shape index (κ1) is 22.2. The standard InChI is InChI=1S/C30H27N3O3/c1-17-27(18(2)33-32-17)24-16-26-25(15-23(24)19-9-10-19)28(30(34)31-3)29(36-26)20-11-13-22(14-12-20)35-21-7-5-4-6-8-21/h4-8,11-16,19H,9-10H2,1-3H3,(H,31,34)(H,32,33). The predicted octanol–water partition coefficient (Wildman–Crippen LogP) is 7.14. The van der Waals surface area contributed by atoms with E-state index in [2.05, 4.69) is 27.6 Å². The predicted molar refractivity (Wildman–Crippen MR) is 141 cm³/mol. The minimum absolute atomic E-state index is 0.168. The second-order valence-corrected chi connectivity index (χ2v) is 9.34. The zero-order chi connectivity index (χ0) is 24.8. The number of benzene rings is 3. The van der Waals surface area contributed by atoms with E-state index in [0.717, 1.165) is 52.1 Å². The fourth-order valence-electron chi connectivity index (χ4n) is 4.91. The monoisotopic (exact) mass is 477 g/mol. The van der Waals surface area contributed by atoms with Gasteiger partial charge >= 0.3 is 0 Å². The van der Waals surface area contributed by atoms with Crippen LogP contribution in [0.3, 0.4) is 0 Å². The molecule has 2 heterocycles. The second kappa shape index (κ2) is 8.72. The number of nitrogens with zero attached hydrogens (tertiary/aromatic N) is 1. The fraction of sp³-hybridized carbons (Fsp3) is 0.200. The van der Waals surface area contributed by atoms with Gasteiger partial charge in [0.1, 0.15) is 22.8 Å². The Hall–Kier alpha value is -4.32. The summed E-state index contributed by atoms with van der Waals surface area (Å²) in [5, 5.41) is 11.1. The van der Waals surface area contributed by atoms with Crippen molar-refractivity contribution in [2.24, 2.45) is 0 Å². The minimum atomic E-state index is -0.168. The summed E-state index contributed by atoms with van der Waals surface area (Å²) >= 11 is 0. The molecule has 0 spiro atoms. The quantitative estimate of drug-likeness (QED) is 0.272. The summed E-state index contributed by atoms with van der Waals surface area (Å²) in [4.78, 5) is 13.1. The number of hydrogen-bond donors (Lipinski definition) is 2. The molecule has 5 aromatic rings. The number of amides is 1. The summed E-state index contributed by atoms with van der Waals surface area (Å²) in [6.07, 6.45) is 2.30. The summed E-state index contributed by atoms with van der Waals surface area (Å²) < 4.78 is 12.3. The highest BCUT2D eigenvalue weighted by Crippen LogP contribution is 2.48. The number of ether oxygens (including phenoxy) is 1. The third kappa shape index (κ3) is 3.85. The zero-order valence-corrected chi connectivity index (χ0v) is 20.5. The van der Waals surface area contributed by atoms with Gasteiger partial charge in [0.15, 0.2) is 0 Å². The van der Waals surface area contributed by atoms with Gasteiger partial charge in [-0.3, -0.25) is 9.89 Å². The number of rotatable bonds is 6. The Bertz CT molecular complexity index is 1560. The van der Waals surface area contributed by atoms with Crippen LogP contribution in [-0.4, -0.2) is 23.2 Å². The number of hydrogen-bond acceptors (Lipinski definition) is 4. The van der Waals surface area contributed by atoms with Crippen LogP contribution in [0.5, 0.6) is 11.5 Å². The van der Waals surface area contributed by atoms with E-state index >= 15 is 0 Å². The van der Waals surface area contributed by atoms with Crippen LogP contribution in [0, 0.1) is 13.8 Å². The Kier molecular flexibility index (Phi) is 5.37. The van der Waals surface area contributed by atoms with Crippen molar-refractivity contribution >= 4 is 16.9 Å². The third-order valence-electron chi connectivity index (χ3n) is 6.82. The van der Waals surface area contributed by atoms with E-state index in [4.69, 9.17) is 9.15 Å². The molecule has 0 aliphatic heterocycles. The fourth-order valence-corrected chi connectivity index (χ4v) is 4.91. The molecule has 1 saturated carbocycles. The summed E-state index contributed by atoms with van der Waals surface area (Å²) in [6, 6.07) is 21.5. The van der Waals surface area contributed by atoms with Crippen molar-refractivity contribution in [3.05, 3.63) is 89.2 Å². The van der Waals surface area contributed by atoms with Crippen molar-refractivity contribution in [3.8, 4) is 33.9 Å². The average Bonchev–Trinajstić information content (AvgIpc) is 3.60. The normalized spacial score (nSPS) is 13.2. The maximum atomic E-state index is 13.1. The summed E-state index contributed by atoms with van der Waals surface area (Å²) in [5.74, 6) is 2.36. The highest BCUT2D eigenvalue weighted by Gasteiger charge is 2.31. The molecule has 0 unspecified atom stereocenters. The molecule has 1 fully saturated rings. The van der Waals surface area contributed by atoms with Gasteiger partial charge in [-0.25, -0.2) is 0 Å². The Morgan fingerprint density at radius 2 is 1.75 bits per heavy atom. The molecule has 1 aliphatic rings. The van der Waals surface area contributed by atoms with E-state index in [1.165, 1.54) is 5.56 Å².